The first-order valence-corrected chi connectivity index (χ1v) is 8.56. The van der Waals surface area contributed by atoms with Crippen molar-refractivity contribution in [1.82, 2.24) is 4.90 Å². The molecule has 1 N–H and O–H groups in total. The Morgan fingerprint density at radius 1 is 1.43 bits per heavy atom. The van der Waals surface area contributed by atoms with E-state index < -0.39 is 12.0 Å². The second-order valence-corrected chi connectivity index (χ2v) is 7.16. The van der Waals surface area contributed by atoms with Gasteiger partial charge in [0.15, 0.2) is 0 Å². The number of rotatable bonds is 5. The van der Waals surface area contributed by atoms with Gasteiger partial charge in [-0.25, -0.2) is 9.18 Å². The fourth-order valence-electron chi connectivity index (χ4n) is 2.13. The van der Waals surface area contributed by atoms with Gasteiger partial charge in [-0.3, -0.25) is 4.79 Å². The molecule has 114 valence electrons. The minimum atomic E-state index is -0.952. The van der Waals surface area contributed by atoms with Crippen molar-refractivity contribution in [1.29, 1.82) is 0 Å². The number of hydrogen-bond donors (Lipinski definition) is 1. The quantitative estimate of drug-likeness (QED) is 0.842. The highest BCUT2D eigenvalue weighted by atomic mass is 32.2. The fraction of sp³-hybridized carbons (Fsp3) is 0.429. The van der Waals surface area contributed by atoms with Crippen LogP contribution in [0.15, 0.2) is 29.2 Å². The van der Waals surface area contributed by atoms with E-state index in [2.05, 4.69) is 0 Å². The summed E-state index contributed by atoms with van der Waals surface area (Å²) in [5.41, 5.74) is 0. The first-order valence-electron chi connectivity index (χ1n) is 6.53. The van der Waals surface area contributed by atoms with Crippen LogP contribution in [0, 0.1) is 5.82 Å². The molecule has 1 amide bonds. The van der Waals surface area contributed by atoms with Crippen LogP contribution in [0.3, 0.4) is 0 Å². The number of carbonyl (C=O) groups is 2. The Balaban J connectivity index is 1.86. The summed E-state index contributed by atoms with van der Waals surface area (Å²) in [6, 6.07) is 5.36. The van der Waals surface area contributed by atoms with Gasteiger partial charge in [0.25, 0.3) is 0 Å². The molecule has 0 spiro atoms. The van der Waals surface area contributed by atoms with Gasteiger partial charge in [0, 0.05) is 22.8 Å². The van der Waals surface area contributed by atoms with Crippen LogP contribution in [0.5, 0.6) is 0 Å². The highest BCUT2D eigenvalue weighted by molar-refractivity contribution is 8.00. The van der Waals surface area contributed by atoms with E-state index in [9.17, 15) is 14.0 Å². The molecular weight excluding hydrogens is 313 g/mol. The van der Waals surface area contributed by atoms with Gasteiger partial charge in [-0.15, -0.1) is 23.5 Å². The molecule has 2 atom stereocenters. The maximum Gasteiger partial charge on any atom is 0.327 e. The predicted molar refractivity (Wildman–Crippen MR) is 81.9 cm³/mol. The van der Waals surface area contributed by atoms with Crippen LogP contribution in [0.2, 0.25) is 0 Å². The van der Waals surface area contributed by atoms with Gasteiger partial charge in [0.2, 0.25) is 5.91 Å². The van der Waals surface area contributed by atoms with E-state index in [1.54, 1.807) is 12.1 Å². The van der Waals surface area contributed by atoms with Crippen molar-refractivity contribution in [3.8, 4) is 0 Å². The Labute approximate surface area is 131 Å². The topological polar surface area (TPSA) is 57.6 Å². The summed E-state index contributed by atoms with van der Waals surface area (Å²) in [5.74, 6) is -0.401. The Bertz CT molecular complexity index is 523. The minimum absolute atomic E-state index is 0.102. The number of carboxylic acid groups (broad SMARTS) is 1. The molecule has 21 heavy (non-hydrogen) atoms. The van der Waals surface area contributed by atoms with E-state index in [0.29, 0.717) is 11.5 Å². The zero-order chi connectivity index (χ0) is 15.4. The number of carbonyl (C=O) groups excluding carboxylic acids is 1. The van der Waals surface area contributed by atoms with Crippen LogP contribution >= 0.6 is 23.5 Å². The molecule has 2 unspecified atom stereocenters. The summed E-state index contributed by atoms with van der Waals surface area (Å²) in [4.78, 5) is 25.7. The lowest BCUT2D eigenvalue weighted by atomic mass is 10.2. The normalized spacial score (nSPS) is 21.5. The van der Waals surface area contributed by atoms with E-state index in [0.717, 1.165) is 4.90 Å². The lowest BCUT2D eigenvalue weighted by Crippen LogP contribution is -2.44. The SMILES string of the molecule is CC1SCC(C(=O)O)N1C(=O)CCSc1ccc(F)cc1. The number of halogens is 1. The van der Waals surface area contributed by atoms with E-state index in [4.69, 9.17) is 5.11 Å². The van der Waals surface area contributed by atoms with Crippen LogP contribution in [0.4, 0.5) is 4.39 Å². The average molecular weight is 329 g/mol. The molecule has 1 fully saturated rings. The summed E-state index contributed by atoms with van der Waals surface area (Å²) in [6.07, 6.45) is 0.275. The van der Waals surface area contributed by atoms with Gasteiger partial charge in [-0.2, -0.15) is 0 Å². The van der Waals surface area contributed by atoms with Crippen molar-refractivity contribution in [3.05, 3.63) is 30.1 Å². The molecule has 7 heteroatoms. The molecule has 0 radical (unpaired) electrons. The summed E-state index contributed by atoms with van der Waals surface area (Å²) < 4.78 is 12.8. The van der Waals surface area contributed by atoms with Crippen LogP contribution in [0.25, 0.3) is 0 Å². The van der Waals surface area contributed by atoms with Crippen LogP contribution in [0.1, 0.15) is 13.3 Å². The maximum absolute atomic E-state index is 12.8. The number of nitrogens with zero attached hydrogens (tertiary/aromatic N) is 1. The summed E-state index contributed by atoms with van der Waals surface area (Å²) in [6.45, 7) is 1.85. The zero-order valence-electron chi connectivity index (χ0n) is 11.5. The summed E-state index contributed by atoms with van der Waals surface area (Å²) in [5, 5.41) is 9.03. The molecule has 1 saturated heterocycles. The maximum atomic E-state index is 12.8. The van der Waals surface area contributed by atoms with Gasteiger partial charge in [-0.05, 0) is 31.2 Å². The number of amides is 1. The Morgan fingerprint density at radius 2 is 2.10 bits per heavy atom. The van der Waals surface area contributed by atoms with E-state index in [1.165, 1.54) is 40.6 Å². The molecule has 1 aliphatic rings. The van der Waals surface area contributed by atoms with Crippen LogP contribution in [-0.4, -0.2) is 44.8 Å². The largest absolute Gasteiger partial charge is 0.480 e. The molecule has 0 aliphatic carbocycles. The molecule has 1 aliphatic heterocycles. The molecule has 0 bridgehead atoms. The first kappa shape index (κ1) is 16.2. The van der Waals surface area contributed by atoms with Crippen molar-refractivity contribution in [2.45, 2.75) is 29.7 Å². The van der Waals surface area contributed by atoms with Crippen molar-refractivity contribution >= 4 is 35.4 Å². The summed E-state index contributed by atoms with van der Waals surface area (Å²) in [7, 11) is 0. The highest BCUT2D eigenvalue weighted by Crippen LogP contribution is 2.30. The van der Waals surface area contributed by atoms with Crippen molar-refractivity contribution in [3.63, 3.8) is 0 Å². The second-order valence-electron chi connectivity index (χ2n) is 4.64. The van der Waals surface area contributed by atoms with Crippen molar-refractivity contribution in [2.75, 3.05) is 11.5 Å². The number of carboxylic acids is 1. The van der Waals surface area contributed by atoms with Gasteiger partial charge in [-0.1, -0.05) is 0 Å². The third kappa shape index (κ3) is 4.14. The lowest BCUT2D eigenvalue weighted by molar-refractivity contribution is -0.148. The third-order valence-electron chi connectivity index (χ3n) is 3.19. The van der Waals surface area contributed by atoms with E-state index in [1.807, 2.05) is 6.92 Å². The second kappa shape index (κ2) is 7.17. The predicted octanol–water partition coefficient (Wildman–Crippen LogP) is 2.68. The Morgan fingerprint density at radius 3 is 2.71 bits per heavy atom. The number of thioether (sulfide) groups is 2. The lowest BCUT2D eigenvalue weighted by Gasteiger charge is -2.24. The monoisotopic (exact) mass is 329 g/mol. The first-order chi connectivity index (χ1) is 9.99. The smallest absolute Gasteiger partial charge is 0.327 e. The standard InChI is InChI=1S/C14H16FNO3S2/c1-9-16(12(8-21-9)14(18)19)13(17)6-7-20-11-4-2-10(15)3-5-11/h2-5,9,12H,6-8H2,1H3,(H,18,19). The van der Waals surface area contributed by atoms with Gasteiger partial charge in [0.05, 0.1) is 5.37 Å². The van der Waals surface area contributed by atoms with E-state index in [-0.39, 0.29) is 23.5 Å². The highest BCUT2D eigenvalue weighted by Gasteiger charge is 2.38. The summed E-state index contributed by atoms with van der Waals surface area (Å²) >= 11 is 2.94. The van der Waals surface area contributed by atoms with Gasteiger partial charge < -0.3 is 10.0 Å². The zero-order valence-corrected chi connectivity index (χ0v) is 13.1. The van der Waals surface area contributed by atoms with Crippen molar-refractivity contribution in [2.24, 2.45) is 0 Å². The Kier molecular flexibility index (Phi) is 5.52. The molecule has 4 nitrogen and oxygen atoms in total. The molecular formula is C14H16FNO3S2. The molecule has 0 saturated carbocycles. The van der Waals surface area contributed by atoms with Gasteiger partial charge in [0.1, 0.15) is 11.9 Å². The molecule has 2 rings (SSSR count). The van der Waals surface area contributed by atoms with Crippen LogP contribution in [-0.2, 0) is 9.59 Å². The van der Waals surface area contributed by atoms with Crippen LogP contribution < -0.4 is 0 Å². The molecule has 1 aromatic carbocycles. The number of benzene rings is 1. The fourth-order valence-corrected chi connectivity index (χ4v) is 4.16. The van der Waals surface area contributed by atoms with Gasteiger partial charge >= 0.3 is 5.97 Å². The molecule has 0 aromatic heterocycles. The number of hydrogen-bond acceptors (Lipinski definition) is 4. The molecule has 1 aromatic rings. The number of aliphatic carboxylic acids is 1. The third-order valence-corrected chi connectivity index (χ3v) is 5.43. The van der Waals surface area contributed by atoms with Crippen molar-refractivity contribution < 1.29 is 19.1 Å². The minimum Gasteiger partial charge on any atom is -0.480 e. The van der Waals surface area contributed by atoms with E-state index >= 15 is 0 Å². The Hall–Kier alpha value is -1.21. The molecule has 1 heterocycles. The average Bonchev–Trinajstić information content (AvgIpc) is 2.83.